The second-order valence-electron chi connectivity index (χ2n) is 12.3. The summed E-state index contributed by atoms with van der Waals surface area (Å²) in [6.45, 7) is -1.53. The predicted molar refractivity (Wildman–Crippen MR) is 197 cm³/mol. The molecule has 0 spiro atoms. The van der Waals surface area contributed by atoms with Gasteiger partial charge >= 0.3 is 17.9 Å². The molecule has 14 nitrogen and oxygen atoms in total. The van der Waals surface area contributed by atoms with Gasteiger partial charge < -0.3 is 49.1 Å². The molecule has 0 saturated heterocycles. The molecule has 4 N–H and O–H groups in total. The molecule has 0 unspecified atom stereocenters. The van der Waals surface area contributed by atoms with Crippen molar-refractivity contribution >= 4 is 45.9 Å². The Hall–Kier alpha value is -6.44. The van der Waals surface area contributed by atoms with Crippen LogP contribution in [-0.4, -0.2) is 101 Å². The number of carbonyl (C=O) groups is 3. The van der Waals surface area contributed by atoms with E-state index < -0.39 is 31.0 Å². The maximum atomic E-state index is 11.5. The molecule has 0 bridgehead atoms. The van der Waals surface area contributed by atoms with Gasteiger partial charge in [0, 0.05) is 54.5 Å². The average Bonchev–Trinajstić information content (AvgIpc) is 3.10. The monoisotopic (exact) mass is 713 g/mol. The van der Waals surface area contributed by atoms with Crippen LogP contribution in [0.25, 0.3) is 33.4 Å². The fourth-order valence-electron chi connectivity index (χ4n) is 5.70. The summed E-state index contributed by atoms with van der Waals surface area (Å²) in [4.78, 5) is 37.7. The van der Waals surface area contributed by atoms with Gasteiger partial charge in [-0.2, -0.15) is 0 Å². The Morgan fingerprint density at radius 3 is 2.15 bits per heavy atom. The van der Waals surface area contributed by atoms with Gasteiger partial charge in [-0.15, -0.1) is 0 Å². The predicted octanol–water partition coefficient (Wildman–Crippen LogP) is 4.24. The van der Waals surface area contributed by atoms with Crippen molar-refractivity contribution in [3.63, 3.8) is 0 Å². The van der Waals surface area contributed by atoms with Crippen LogP contribution in [0.4, 0.5) is 17.1 Å². The molecule has 1 heterocycles. The van der Waals surface area contributed by atoms with Crippen molar-refractivity contribution in [1.82, 2.24) is 4.58 Å². The third-order valence-electron chi connectivity index (χ3n) is 8.18. The minimum absolute atomic E-state index is 0.0102. The quantitative estimate of drug-likeness (QED) is 0.0650. The van der Waals surface area contributed by atoms with Crippen molar-refractivity contribution in [1.29, 1.82) is 0 Å². The number of hydrogen-bond acceptors (Lipinski definition) is 10. The third kappa shape index (κ3) is 8.64. The zero-order chi connectivity index (χ0) is 37.5. The highest BCUT2D eigenvalue weighted by Gasteiger charge is 2.22. The van der Waals surface area contributed by atoms with E-state index in [1.54, 1.807) is 12.1 Å². The Balaban J connectivity index is 1.52. The molecule has 0 saturated carbocycles. The molecule has 1 aliphatic heterocycles. The van der Waals surface area contributed by atoms with Gasteiger partial charge in [-0.1, -0.05) is 6.07 Å². The van der Waals surface area contributed by atoms with Gasteiger partial charge in [0.05, 0.1) is 24.6 Å². The lowest BCUT2D eigenvalue weighted by Gasteiger charge is -2.24. The molecule has 0 fully saturated rings. The van der Waals surface area contributed by atoms with Crippen LogP contribution in [0.3, 0.4) is 0 Å². The molecular weight excluding hydrogens is 672 g/mol. The minimum Gasteiger partial charge on any atom is -0.497 e. The van der Waals surface area contributed by atoms with Gasteiger partial charge in [-0.05, 0) is 48.0 Å². The van der Waals surface area contributed by atoms with Gasteiger partial charge in [0.1, 0.15) is 75.5 Å². The molecule has 272 valence electrons. The molecule has 0 aromatic heterocycles. The number of anilines is 3. The molecule has 0 atom stereocenters. The molecule has 2 aliphatic rings. The van der Waals surface area contributed by atoms with Gasteiger partial charge in [0.2, 0.25) is 5.36 Å². The molecule has 0 radical (unpaired) electrons. The summed E-state index contributed by atoms with van der Waals surface area (Å²) >= 11 is 0. The van der Waals surface area contributed by atoms with E-state index in [2.05, 4.69) is 5.32 Å². The van der Waals surface area contributed by atoms with Crippen molar-refractivity contribution in [2.75, 3.05) is 83.3 Å². The Morgan fingerprint density at radius 2 is 1.52 bits per heavy atom. The van der Waals surface area contributed by atoms with Gasteiger partial charge in [0.15, 0.2) is 0 Å². The van der Waals surface area contributed by atoms with Crippen LogP contribution in [0.5, 0.6) is 17.2 Å². The lowest BCUT2D eigenvalue weighted by molar-refractivity contribution is -0.137. The van der Waals surface area contributed by atoms with Crippen molar-refractivity contribution in [2.45, 2.75) is 0 Å². The molecule has 5 rings (SSSR count). The Bertz CT molecular complexity index is 2140. The fraction of sp³-hybridized carbons (Fsp3) is 0.263. The lowest BCUT2D eigenvalue weighted by atomic mass is 9.93. The van der Waals surface area contributed by atoms with E-state index in [0.717, 1.165) is 33.1 Å². The number of carboxylic acids is 3. The van der Waals surface area contributed by atoms with Crippen LogP contribution in [0.2, 0.25) is 0 Å². The minimum atomic E-state index is -1.21. The van der Waals surface area contributed by atoms with E-state index in [4.69, 9.17) is 18.6 Å². The SMILES string of the molecule is COc1ccc(N(CC(=O)O)CC(=O)O)c(OCCOc2cc(-c3c4ccc(=[N+](C)C)cc-4oc4cc(N(C)C)ccc34)ccc2NCC(=O)O)c1. The lowest BCUT2D eigenvalue weighted by Crippen LogP contribution is -2.34. The fourth-order valence-corrected chi connectivity index (χ4v) is 5.70. The number of fused-ring (bicyclic) bond motifs is 2. The van der Waals surface area contributed by atoms with E-state index in [0.29, 0.717) is 28.5 Å². The van der Waals surface area contributed by atoms with Crippen LogP contribution in [0.1, 0.15) is 0 Å². The van der Waals surface area contributed by atoms with Crippen LogP contribution < -0.4 is 39.3 Å². The first-order valence-corrected chi connectivity index (χ1v) is 16.2. The maximum absolute atomic E-state index is 11.5. The molecule has 14 heteroatoms. The highest BCUT2D eigenvalue weighted by molar-refractivity contribution is 6.03. The molecule has 3 aromatic rings. The summed E-state index contributed by atoms with van der Waals surface area (Å²) in [6.07, 6.45) is 0. The van der Waals surface area contributed by atoms with Crippen LogP contribution in [0.15, 0.2) is 77.2 Å². The van der Waals surface area contributed by atoms with Crippen LogP contribution >= 0.6 is 0 Å². The van der Waals surface area contributed by atoms with Crippen LogP contribution in [0, 0.1) is 0 Å². The number of methoxy groups -OCH3 is 1. The standard InChI is InChI=1S/C38H40N4O10/c1-40(2)24-7-10-27-31(17-24)52-32-18-25(41(3)4)8-11-28(32)38(27)23-6-12-29(39-20-35(43)44)33(16-23)50-14-15-51-34-19-26(49-5)9-13-30(34)42(21-36(45)46)22-37(47)48/h6-13,16-19H,14-15,20-22H2,1-5H3,(H3,43,44,45,46,47,48)/p+1. The van der Waals surface area contributed by atoms with E-state index in [1.165, 1.54) is 24.1 Å². The zero-order valence-electron chi connectivity index (χ0n) is 29.5. The number of nitrogens with zero attached hydrogens (tertiary/aromatic N) is 3. The normalized spacial score (nSPS) is 10.9. The topological polar surface area (TPSA) is 174 Å². The first kappa shape index (κ1) is 36.8. The maximum Gasteiger partial charge on any atom is 0.323 e. The molecular formula is C38H41N4O10+. The Morgan fingerprint density at radius 1 is 0.808 bits per heavy atom. The zero-order valence-corrected chi connectivity index (χ0v) is 29.5. The summed E-state index contributed by atoms with van der Waals surface area (Å²) in [6, 6.07) is 22.1. The van der Waals surface area contributed by atoms with Crippen molar-refractivity contribution in [2.24, 2.45) is 0 Å². The van der Waals surface area contributed by atoms with E-state index in [1.807, 2.05) is 86.2 Å². The van der Waals surface area contributed by atoms with E-state index in [9.17, 15) is 29.7 Å². The number of ether oxygens (including phenoxy) is 3. The molecule has 1 aliphatic carbocycles. The second kappa shape index (κ2) is 16.1. The number of rotatable bonds is 16. The van der Waals surface area contributed by atoms with Crippen molar-refractivity contribution in [3.8, 4) is 39.7 Å². The number of benzene rings is 4. The van der Waals surface area contributed by atoms with Gasteiger partial charge in [-0.3, -0.25) is 14.4 Å². The van der Waals surface area contributed by atoms with Gasteiger partial charge in [0.25, 0.3) is 0 Å². The van der Waals surface area contributed by atoms with Crippen molar-refractivity contribution in [3.05, 3.63) is 78.2 Å². The largest absolute Gasteiger partial charge is 0.497 e. The number of aliphatic carboxylic acids is 3. The first-order valence-electron chi connectivity index (χ1n) is 16.2. The summed E-state index contributed by atoms with van der Waals surface area (Å²) in [5.74, 6) is -1.81. The highest BCUT2D eigenvalue weighted by Crippen LogP contribution is 2.43. The summed E-state index contributed by atoms with van der Waals surface area (Å²) in [5.41, 5.74) is 4.91. The number of hydrogen-bond donors (Lipinski definition) is 4. The average molecular weight is 714 g/mol. The molecule has 52 heavy (non-hydrogen) atoms. The van der Waals surface area contributed by atoms with E-state index >= 15 is 0 Å². The summed E-state index contributed by atoms with van der Waals surface area (Å²) < 4.78 is 26.0. The van der Waals surface area contributed by atoms with Crippen LogP contribution in [-0.2, 0) is 14.4 Å². The van der Waals surface area contributed by atoms with Gasteiger partial charge in [-0.25, -0.2) is 4.58 Å². The third-order valence-corrected chi connectivity index (χ3v) is 8.18. The highest BCUT2D eigenvalue weighted by atomic mass is 16.5. The molecule has 0 amide bonds. The summed E-state index contributed by atoms with van der Waals surface area (Å²) in [5, 5.41) is 33.0. The second-order valence-corrected chi connectivity index (χ2v) is 12.3. The first-order chi connectivity index (χ1) is 24.8. The Labute approximate surface area is 299 Å². The number of carboxylic acid groups (broad SMARTS) is 3. The number of nitrogens with one attached hydrogen (secondary N) is 1. The Kier molecular flexibility index (Phi) is 11.4. The molecule has 3 aromatic carbocycles. The van der Waals surface area contributed by atoms with Crippen molar-refractivity contribution < 1.29 is 48.3 Å². The summed E-state index contributed by atoms with van der Waals surface area (Å²) in [7, 11) is 9.30. The smallest absolute Gasteiger partial charge is 0.323 e. The van der Waals surface area contributed by atoms with E-state index in [-0.39, 0.29) is 31.2 Å².